The first-order valence-corrected chi connectivity index (χ1v) is 9.29. The van der Waals surface area contributed by atoms with Gasteiger partial charge < -0.3 is 0 Å². The maximum Gasteiger partial charge on any atom is 0.0904 e. The van der Waals surface area contributed by atoms with Gasteiger partial charge in [0.2, 0.25) is 0 Å². The number of hydrogen-bond acceptors (Lipinski definition) is 2. The molecule has 2 heterocycles. The Hall–Kier alpha value is -0.123. The molecule has 0 saturated heterocycles. The van der Waals surface area contributed by atoms with Crippen molar-refractivity contribution < 1.29 is 0 Å². The molecule has 0 aliphatic heterocycles. The van der Waals surface area contributed by atoms with Gasteiger partial charge in [-0.05, 0) is 15.9 Å². The summed E-state index contributed by atoms with van der Waals surface area (Å²) < 4.78 is 3.10. The lowest BCUT2D eigenvalue weighted by molar-refractivity contribution is 1.79. The van der Waals surface area contributed by atoms with Crippen molar-refractivity contribution in [3.8, 4) is 0 Å². The summed E-state index contributed by atoms with van der Waals surface area (Å²) in [6, 6.07) is 2.38. The molecule has 0 unspecified atom stereocenters. The van der Waals surface area contributed by atoms with Crippen LogP contribution in [0.5, 0.6) is 0 Å². The van der Waals surface area contributed by atoms with E-state index >= 15 is 0 Å². The van der Waals surface area contributed by atoms with Crippen molar-refractivity contribution >= 4 is 45.3 Å². The molecule has 0 aromatic carbocycles. The number of hydrogen-bond donors (Lipinski definition) is 0. The lowest BCUT2D eigenvalue weighted by Gasteiger charge is -2.11. The minimum absolute atomic E-state index is 1.06. The first-order valence-electron chi connectivity index (χ1n) is 4.03. The summed E-state index contributed by atoms with van der Waals surface area (Å²) in [6.45, 7) is 7.21. The van der Waals surface area contributed by atoms with Crippen molar-refractivity contribution in [2.24, 2.45) is 0 Å². The summed E-state index contributed by atoms with van der Waals surface area (Å²) in [5, 5.41) is 5.95. The van der Waals surface area contributed by atoms with E-state index in [1.165, 1.54) is 10.1 Å². The topological polar surface area (TPSA) is 0 Å². The molecular weight excluding hydrogens is 200 g/mol. The highest BCUT2D eigenvalue weighted by Gasteiger charge is 2.19. The van der Waals surface area contributed by atoms with Crippen molar-refractivity contribution in [1.82, 2.24) is 0 Å². The van der Waals surface area contributed by atoms with Crippen LogP contribution in [0, 0.1) is 0 Å². The highest BCUT2D eigenvalue weighted by molar-refractivity contribution is 7.32. The zero-order chi connectivity index (χ0) is 8.77. The fourth-order valence-electron chi connectivity index (χ4n) is 1.14. The second-order valence-electron chi connectivity index (χ2n) is 4.05. The van der Waals surface area contributed by atoms with Gasteiger partial charge in [-0.2, -0.15) is 11.3 Å². The van der Waals surface area contributed by atoms with Crippen LogP contribution >= 0.6 is 22.7 Å². The second-order valence-corrected chi connectivity index (χ2v) is 11.3. The maximum atomic E-state index is 2.40. The van der Waals surface area contributed by atoms with E-state index in [0.717, 1.165) is 0 Å². The van der Waals surface area contributed by atoms with E-state index in [2.05, 4.69) is 36.5 Å². The normalized spacial score (nSPS) is 12.6. The highest BCUT2D eigenvalue weighted by Crippen LogP contribution is 2.25. The van der Waals surface area contributed by atoms with Gasteiger partial charge in [-0.15, -0.1) is 11.3 Å². The zero-order valence-corrected chi connectivity index (χ0v) is 10.2. The average molecular weight is 212 g/mol. The summed E-state index contributed by atoms with van der Waals surface area (Å²) in [7, 11) is -1.06. The van der Waals surface area contributed by atoms with Gasteiger partial charge >= 0.3 is 0 Å². The van der Waals surface area contributed by atoms with Gasteiger partial charge in [0.15, 0.2) is 0 Å². The predicted octanol–water partition coefficient (Wildman–Crippen LogP) is 3.51. The van der Waals surface area contributed by atoms with Crippen LogP contribution in [0.25, 0.3) is 10.1 Å². The fourth-order valence-corrected chi connectivity index (χ4v) is 5.05. The SMILES string of the molecule is C[Si](C)(C)c1cc2cscc2s1. The molecule has 0 aliphatic carbocycles. The lowest BCUT2D eigenvalue weighted by atomic mass is 10.4. The van der Waals surface area contributed by atoms with E-state index in [-0.39, 0.29) is 0 Å². The molecule has 2 rings (SSSR count). The van der Waals surface area contributed by atoms with Crippen LogP contribution in [0.15, 0.2) is 16.8 Å². The third-order valence-corrected chi connectivity index (χ3v) is 7.49. The highest BCUT2D eigenvalue weighted by atomic mass is 32.1. The van der Waals surface area contributed by atoms with E-state index in [0.29, 0.717) is 0 Å². The minimum atomic E-state index is -1.06. The van der Waals surface area contributed by atoms with Crippen LogP contribution in [-0.4, -0.2) is 8.07 Å². The molecule has 3 heteroatoms. The van der Waals surface area contributed by atoms with Crippen molar-refractivity contribution in [3.05, 3.63) is 16.8 Å². The summed E-state index contributed by atoms with van der Waals surface area (Å²) in [4.78, 5) is 0. The molecule has 0 fully saturated rings. The molecule has 0 radical (unpaired) electrons. The van der Waals surface area contributed by atoms with Crippen molar-refractivity contribution in [2.45, 2.75) is 19.6 Å². The monoisotopic (exact) mass is 212 g/mol. The minimum Gasteiger partial charge on any atom is -0.150 e. The van der Waals surface area contributed by atoms with Gasteiger partial charge in [-0.25, -0.2) is 0 Å². The third kappa shape index (κ3) is 1.37. The van der Waals surface area contributed by atoms with Gasteiger partial charge in [0.1, 0.15) is 0 Å². The molecule has 0 amide bonds. The van der Waals surface area contributed by atoms with Crippen LogP contribution < -0.4 is 4.50 Å². The molecule has 0 saturated carbocycles. The maximum absolute atomic E-state index is 2.40. The van der Waals surface area contributed by atoms with Crippen LogP contribution in [0.2, 0.25) is 19.6 Å². The van der Waals surface area contributed by atoms with E-state index in [1.807, 2.05) is 11.3 Å². The van der Waals surface area contributed by atoms with Gasteiger partial charge in [0.25, 0.3) is 0 Å². The Morgan fingerprint density at radius 1 is 1.17 bits per heavy atom. The van der Waals surface area contributed by atoms with E-state index < -0.39 is 8.07 Å². The van der Waals surface area contributed by atoms with Crippen molar-refractivity contribution in [2.75, 3.05) is 0 Å². The van der Waals surface area contributed by atoms with Gasteiger partial charge in [-0.1, -0.05) is 19.6 Å². The van der Waals surface area contributed by atoms with Gasteiger partial charge in [0, 0.05) is 15.5 Å². The number of thiophene rings is 2. The van der Waals surface area contributed by atoms with Crippen molar-refractivity contribution in [1.29, 1.82) is 0 Å². The predicted molar refractivity (Wildman–Crippen MR) is 62.7 cm³/mol. The molecule has 2 aromatic rings. The molecule has 2 aromatic heterocycles. The molecule has 64 valence electrons. The largest absolute Gasteiger partial charge is 0.150 e. The summed E-state index contributed by atoms with van der Waals surface area (Å²) >= 11 is 3.79. The molecule has 0 nitrogen and oxygen atoms in total. The molecule has 0 aliphatic rings. The molecule has 12 heavy (non-hydrogen) atoms. The van der Waals surface area contributed by atoms with Crippen molar-refractivity contribution in [3.63, 3.8) is 0 Å². The molecule has 0 spiro atoms. The number of fused-ring (bicyclic) bond motifs is 1. The molecular formula is C9H12S2Si. The molecule has 0 N–H and O–H groups in total. The average Bonchev–Trinajstić information content (AvgIpc) is 2.37. The Bertz CT molecular complexity index is 363. The first kappa shape index (κ1) is 8.47. The van der Waals surface area contributed by atoms with Crippen LogP contribution in [-0.2, 0) is 0 Å². The smallest absolute Gasteiger partial charge is 0.0904 e. The quantitative estimate of drug-likeness (QED) is 0.635. The summed E-state index contributed by atoms with van der Waals surface area (Å²) in [6.07, 6.45) is 0. The van der Waals surface area contributed by atoms with Crippen LogP contribution in [0.1, 0.15) is 0 Å². The molecule has 0 bridgehead atoms. The summed E-state index contributed by atoms with van der Waals surface area (Å²) in [5.74, 6) is 0. The Labute approximate surface area is 81.9 Å². The van der Waals surface area contributed by atoms with E-state index in [1.54, 1.807) is 15.8 Å². The van der Waals surface area contributed by atoms with Crippen LogP contribution in [0.4, 0.5) is 0 Å². The third-order valence-electron chi connectivity index (χ3n) is 1.90. The second kappa shape index (κ2) is 2.69. The Morgan fingerprint density at radius 2 is 1.92 bits per heavy atom. The number of rotatable bonds is 1. The zero-order valence-electron chi connectivity index (χ0n) is 7.55. The standard InChI is InChI=1S/C9H12S2Si/c1-12(2,3)9-4-7-5-10-6-8(7)11-9/h4-6H,1-3H3. The lowest BCUT2D eigenvalue weighted by Crippen LogP contribution is -2.34. The fraction of sp³-hybridized carbons (Fsp3) is 0.333. The first-order chi connectivity index (χ1) is 5.57. The van der Waals surface area contributed by atoms with E-state index in [9.17, 15) is 0 Å². The van der Waals surface area contributed by atoms with E-state index in [4.69, 9.17) is 0 Å². The molecule has 0 atom stereocenters. The Kier molecular flexibility index (Phi) is 1.90. The van der Waals surface area contributed by atoms with Gasteiger partial charge in [0.05, 0.1) is 8.07 Å². The Balaban J connectivity index is 2.59. The summed E-state index contributed by atoms with van der Waals surface area (Å²) in [5.41, 5.74) is 0. The van der Waals surface area contributed by atoms with Crippen LogP contribution in [0.3, 0.4) is 0 Å². The van der Waals surface area contributed by atoms with Gasteiger partial charge in [-0.3, -0.25) is 0 Å². The Morgan fingerprint density at radius 3 is 2.50 bits per heavy atom.